The van der Waals surface area contributed by atoms with Crippen LogP contribution in [-0.4, -0.2) is 49.7 Å². The third-order valence-electron chi connectivity index (χ3n) is 3.80. The zero-order chi connectivity index (χ0) is 17.3. The first-order valence-corrected chi connectivity index (χ1v) is 9.92. The monoisotopic (exact) mass is 421 g/mol. The highest BCUT2D eigenvalue weighted by Crippen LogP contribution is 2.28. The Hall–Kier alpha value is -1.32. The molecular formula is C15H17Cl2N3O3S2. The van der Waals surface area contributed by atoms with E-state index in [1.54, 1.807) is 35.2 Å². The quantitative estimate of drug-likeness (QED) is 0.771. The number of nitrogens with two attached hydrogens (primary N) is 1. The average Bonchev–Trinajstić information content (AvgIpc) is 3.01. The lowest BCUT2D eigenvalue weighted by molar-refractivity contribution is 0.0698. The summed E-state index contributed by atoms with van der Waals surface area (Å²) >= 11 is 6.86. The second-order valence-electron chi connectivity index (χ2n) is 5.38. The van der Waals surface area contributed by atoms with E-state index in [-0.39, 0.29) is 35.6 Å². The Bertz CT molecular complexity index is 862. The first kappa shape index (κ1) is 20.0. The molecule has 0 saturated carbocycles. The summed E-state index contributed by atoms with van der Waals surface area (Å²) in [6.07, 6.45) is 0. The number of nitrogen functional groups attached to an aromatic ring is 1. The largest absolute Gasteiger partial charge is 0.399 e. The van der Waals surface area contributed by atoms with Crippen molar-refractivity contribution in [3.8, 4) is 0 Å². The summed E-state index contributed by atoms with van der Waals surface area (Å²) in [7, 11) is -3.55. The van der Waals surface area contributed by atoms with Crippen molar-refractivity contribution in [1.82, 2.24) is 9.21 Å². The number of rotatable bonds is 3. The highest BCUT2D eigenvalue weighted by atomic mass is 35.5. The van der Waals surface area contributed by atoms with Crippen molar-refractivity contribution < 1.29 is 13.2 Å². The maximum Gasteiger partial charge on any atom is 0.254 e. The lowest BCUT2D eigenvalue weighted by Crippen LogP contribution is -2.50. The number of piperazine rings is 1. The van der Waals surface area contributed by atoms with Gasteiger partial charge >= 0.3 is 0 Å². The molecule has 1 aliphatic rings. The van der Waals surface area contributed by atoms with Crippen LogP contribution in [0.15, 0.2) is 40.6 Å². The summed E-state index contributed by atoms with van der Waals surface area (Å²) < 4.78 is 27.1. The number of anilines is 1. The molecule has 2 N–H and O–H groups in total. The van der Waals surface area contributed by atoms with Crippen LogP contribution < -0.4 is 5.73 Å². The van der Waals surface area contributed by atoms with Crippen molar-refractivity contribution in [3.63, 3.8) is 0 Å². The van der Waals surface area contributed by atoms with Gasteiger partial charge in [0.2, 0.25) is 0 Å². The maximum absolute atomic E-state index is 12.5. The van der Waals surface area contributed by atoms with E-state index in [0.717, 1.165) is 11.3 Å². The van der Waals surface area contributed by atoms with Gasteiger partial charge in [0.1, 0.15) is 4.21 Å². The first-order chi connectivity index (χ1) is 11.4. The molecule has 2 heterocycles. The topological polar surface area (TPSA) is 83.7 Å². The number of carbonyl (C=O) groups excluding carboxylic acids is 1. The van der Waals surface area contributed by atoms with Crippen molar-refractivity contribution >= 4 is 57.0 Å². The molecule has 0 atom stereocenters. The standard InChI is InChI=1S/C15H16ClN3O3S2.ClH/c16-13-4-5-14(23-13)24(21,22)19-8-6-18(7-9-19)15(20)11-2-1-3-12(17)10-11;/h1-5,10H,6-9,17H2;1H. The molecule has 0 aliphatic carbocycles. The molecule has 0 unspecified atom stereocenters. The number of carbonyl (C=O) groups is 1. The lowest BCUT2D eigenvalue weighted by atomic mass is 10.1. The molecule has 10 heteroatoms. The van der Waals surface area contributed by atoms with E-state index in [1.165, 1.54) is 10.4 Å². The number of hydrogen-bond donors (Lipinski definition) is 1. The minimum Gasteiger partial charge on any atom is -0.399 e. The van der Waals surface area contributed by atoms with Crippen molar-refractivity contribution in [1.29, 1.82) is 0 Å². The third kappa shape index (κ3) is 4.27. The molecule has 3 rings (SSSR count). The van der Waals surface area contributed by atoms with E-state index in [4.69, 9.17) is 17.3 Å². The van der Waals surface area contributed by atoms with E-state index in [1.807, 2.05) is 0 Å². The molecule has 0 radical (unpaired) electrons. The molecule has 0 bridgehead atoms. The minimum absolute atomic E-state index is 0. The number of hydrogen-bond acceptors (Lipinski definition) is 5. The van der Waals surface area contributed by atoms with Gasteiger partial charge in [-0.05, 0) is 30.3 Å². The molecule has 1 amide bonds. The number of benzene rings is 1. The smallest absolute Gasteiger partial charge is 0.254 e. The van der Waals surface area contributed by atoms with Crippen LogP contribution in [0.2, 0.25) is 4.34 Å². The van der Waals surface area contributed by atoms with Crippen molar-refractivity contribution in [3.05, 3.63) is 46.3 Å². The molecule has 136 valence electrons. The van der Waals surface area contributed by atoms with Gasteiger partial charge in [-0.3, -0.25) is 4.79 Å². The van der Waals surface area contributed by atoms with Crippen LogP contribution in [0, 0.1) is 0 Å². The Balaban J connectivity index is 0.00000225. The second kappa shape index (κ2) is 7.92. The third-order valence-corrected chi connectivity index (χ3v) is 7.40. The fourth-order valence-corrected chi connectivity index (χ4v) is 5.61. The van der Waals surface area contributed by atoms with Gasteiger partial charge in [-0.2, -0.15) is 4.31 Å². The molecule has 2 aromatic rings. The normalized spacial score (nSPS) is 15.6. The summed E-state index contributed by atoms with van der Waals surface area (Å²) in [6, 6.07) is 9.84. The molecule has 0 spiro atoms. The van der Waals surface area contributed by atoms with Crippen LogP contribution in [0.25, 0.3) is 0 Å². The average molecular weight is 422 g/mol. The highest BCUT2D eigenvalue weighted by molar-refractivity contribution is 7.91. The maximum atomic E-state index is 12.5. The molecule has 1 fully saturated rings. The summed E-state index contributed by atoms with van der Waals surface area (Å²) in [4.78, 5) is 14.1. The Morgan fingerprint density at radius 1 is 1.12 bits per heavy atom. The molecule has 25 heavy (non-hydrogen) atoms. The Labute approximate surface area is 161 Å². The molecular weight excluding hydrogens is 405 g/mol. The van der Waals surface area contributed by atoms with Gasteiger partial charge in [0.25, 0.3) is 15.9 Å². The fraction of sp³-hybridized carbons (Fsp3) is 0.267. The number of halogens is 2. The molecule has 1 aromatic carbocycles. The van der Waals surface area contributed by atoms with Crippen LogP contribution in [0.4, 0.5) is 5.69 Å². The van der Waals surface area contributed by atoms with Gasteiger partial charge in [-0.15, -0.1) is 23.7 Å². The van der Waals surface area contributed by atoms with Gasteiger partial charge in [0, 0.05) is 37.4 Å². The van der Waals surface area contributed by atoms with Gasteiger partial charge in [-0.1, -0.05) is 17.7 Å². The summed E-state index contributed by atoms with van der Waals surface area (Å²) in [5.74, 6) is -0.140. The van der Waals surface area contributed by atoms with E-state index in [9.17, 15) is 13.2 Å². The van der Waals surface area contributed by atoms with Crippen LogP contribution >= 0.6 is 35.3 Å². The molecule has 1 saturated heterocycles. The predicted molar refractivity (Wildman–Crippen MR) is 102 cm³/mol. The minimum atomic E-state index is -3.55. The molecule has 1 aromatic heterocycles. The lowest BCUT2D eigenvalue weighted by Gasteiger charge is -2.33. The first-order valence-electron chi connectivity index (χ1n) is 7.28. The summed E-state index contributed by atoms with van der Waals surface area (Å²) in [5.41, 5.74) is 6.74. The van der Waals surface area contributed by atoms with E-state index in [2.05, 4.69) is 0 Å². The zero-order valence-corrected chi connectivity index (χ0v) is 16.3. The number of thiophene rings is 1. The molecule has 1 aliphatic heterocycles. The summed E-state index contributed by atoms with van der Waals surface area (Å²) in [5, 5.41) is 0. The van der Waals surface area contributed by atoms with Crippen LogP contribution in [0.1, 0.15) is 10.4 Å². The van der Waals surface area contributed by atoms with E-state index in [0.29, 0.717) is 28.7 Å². The summed E-state index contributed by atoms with van der Waals surface area (Å²) in [6.45, 7) is 1.19. The Kier molecular flexibility index (Phi) is 6.34. The van der Waals surface area contributed by atoms with Gasteiger partial charge in [0.05, 0.1) is 4.34 Å². The van der Waals surface area contributed by atoms with Gasteiger partial charge < -0.3 is 10.6 Å². The van der Waals surface area contributed by atoms with Crippen molar-refractivity contribution in [2.75, 3.05) is 31.9 Å². The van der Waals surface area contributed by atoms with Gasteiger partial charge in [0.15, 0.2) is 0 Å². The van der Waals surface area contributed by atoms with Crippen LogP contribution in [-0.2, 0) is 10.0 Å². The number of nitrogens with zero attached hydrogens (tertiary/aromatic N) is 2. The van der Waals surface area contributed by atoms with Crippen LogP contribution in [0.5, 0.6) is 0 Å². The Morgan fingerprint density at radius 3 is 2.36 bits per heavy atom. The van der Waals surface area contributed by atoms with E-state index < -0.39 is 10.0 Å². The van der Waals surface area contributed by atoms with E-state index >= 15 is 0 Å². The van der Waals surface area contributed by atoms with Crippen molar-refractivity contribution in [2.45, 2.75) is 4.21 Å². The molecule has 6 nitrogen and oxygen atoms in total. The number of amides is 1. The second-order valence-corrected chi connectivity index (χ2v) is 9.26. The highest BCUT2D eigenvalue weighted by Gasteiger charge is 2.31. The number of sulfonamides is 1. The Morgan fingerprint density at radius 2 is 1.80 bits per heavy atom. The van der Waals surface area contributed by atoms with Crippen LogP contribution in [0.3, 0.4) is 0 Å². The fourth-order valence-electron chi connectivity index (χ4n) is 2.55. The zero-order valence-electron chi connectivity index (χ0n) is 13.1. The SMILES string of the molecule is Cl.Nc1cccc(C(=O)N2CCN(S(=O)(=O)c3ccc(Cl)s3)CC2)c1. The van der Waals surface area contributed by atoms with Gasteiger partial charge in [-0.25, -0.2) is 8.42 Å². The predicted octanol–water partition coefficient (Wildman–Crippen LogP) is 2.55. The van der Waals surface area contributed by atoms with Crippen molar-refractivity contribution in [2.24, 2.45) is 0 Å².